The first kappa shape index (κ1) is 15.7. The summed E-state index contributed by atoms with van der Waals surface area (Å²) in [6, 6.07) is 6.90. The first-order valence-corrected chi connectivity index (χ1v) is 8.00. The van der Waals surface area contributed by atoms with E-state index in [1.807, 2.05) is 11.8 Å². The van der Waals surface area contributed by atoms with E-state index in [-0.39, 0.29) is 12.4 Å². The Hall–Kier alpha value is -1.33. The lowest BCUT2D eigenvalue weighted by Gasteiger charge is -2.24. The molecule has 0 spiro atoms. The van der Waals surface area contributed by atoms with Gasteiger partial charge in [-0.2, -0.15) is 0 Å². The third kappa shape index (κ3) is 4.08. The highest BCUT2D eigenvalue weighted by atomic mass is 32.2. The fraction of sp³-hybridized carbons (Fsp3) is 0.429. The summed E-state index contributed by atoms with van der Waals surface area (Å²) in [5, 5.41) is 9.10. The van der Waals surface area contributed by atoms with Crippen LogP contribution in [0.5, 0.6) is 0 Å². The highest BCUT2D eigenvalue weighted by Gasteiger charge is 2.20. The van der Waals surface area contributed by atoms with Crippen LogP contribution >= 0.6 is 0 Å². The van der Waals surface area contributed by atoms with E-state index in [4.69, 9.17) is 5.11 Å². The standard InChI is InChI=1S/C14H21NO3S/c1-3-9-15(10-11-16)13-7-5-6-8-14(13)19(17,18)12-4-2/h3,5-8,16H,1,4,9-12H2,2H3. The van der Waals surface area contributed by atoms with Crippen molar-refractivity contribution in [3.63, 3.8) is 0 Å². The molecule has 4 nitrogen and oxygen atoms in total. The largest absolute Gasteiger partial charge is 0.395 e. The number of sulfone groups is 1. The van der Waals surface area contributed by atoms with Gasteiger partial charge in [-0.1, -0.05) is 25.1 Å². The maximum atomic E-state index is 12.3. The maximum absolute atomic E-state index is 12.3. The minimum atomic E-state index is -3.28. The van der Waals surface area contributed by atoms with E-state index in [0.717, 1.165) is 0 Å². The molecule has 0 aliphatic carbocycles. The average Bonchev–Trinajstić information content (AvgIpc) is 2.38. The molecule has 0 fully saturated rings. The second kappa shape index (κ2) is 7.31. The number of benzene rings is 1. The zero-order valence-corrected chi connectivity index (χ0v) is 12.1. The van der Waals surface area contributed by atoms with Gasteiger partial charge in [-0.05, 0) is 18.6 Å². The van der Waals surface area contributed by atoms with E-state index in [1.165, 1.54) is 0 Å². The monoisotopic (exact) mass is 283 g/mol. The molecule has 0 atom stereocenters. The van der Waals surface area contributed by atoms with Crippen LogP contribution in [0.1, 0.15) is 13.3 Å². The van der Waals surface area contributed by atoms with E-state index >= 15 is 0 Å². The quantitative estimate of drug-likeness (QED) is 0.740. The molecular formula is C14H21NO3S. The molecule has 0 radical (unpaired) electrons. The Morgan fingerprint density at radius 3 is 2.63 bits per heavy atom. The normalized spacial score (nSPS) is 11.3. The summed E-state index contributed by atoms with van der Waals surface area (Å²) in [6.45, 7) is 6.35. The van der Waals surface area contributed by atoms with Gasteiger partial charge in [0, 0.05) is 13.1 Å². The fourth-order valence-electron chi connectivity index (χ4n) is 1.95. The van der Waals surface area contributed by atoms with Crippen LogP contribution in [-0.2, 0) is 9.84 Å². The first-order valence-electron chi connectivity index (χ1n) is 6.35. The Morgan fingerprint density at radius 1 is 1.37 bits per heavy atom. The molecule has 0 saturated carbocycles. The molecule has 5 heteroatoms. The van der Waals surface area contributed by atoms with Crippen LogP contribution in [-0.4, -0.2) is 39.0 Å². The highest BCUT2D eigenvalue weighted by Crippen LogP contribution is 2.26. The molecule has 106 valence electrons. The molecule has 0 amide bonds. The summed E-state index contributed by atoms with van der Waals surface area (Å²) in [7, 11) is -3.28. The SMILES string of the molecule is C=CCN(CCO)c1ccccc1S(=O)(=O)CCC. The fourth-order valence-corrected chi connectivity index (χ4v) is 3.51. The van der Waals surface area contributed by atoms with E-state index in [0.29, 0.717) is 30.1 Å². The van der Waals surface area contributed by atoms with Gasteiger partial charge in [0.25, 0.3) is 0 Å². The van der Waals surface area contributed by atoms with E-state index in [1.54, 1.807) is 30.3 Å². The third-order valence-corrected chi connectivity index (χ3v) is 4.69. The van der Waals surface area contributed by atoms with Crippen molar-refractivity contribution in [1.82, 2.24) is 0 Å². The number of rotatable bonds is 8. The van der Waals surface area contributed by atoms with Gasteiger partial charge in [0.15, 0.2) is 9.84 Å². The first-order chi connectivity index (χ1) is 9.06. The molecule has 0 unspecified atom stereocenters. The van der Waals surface area contributed by atoms with Crippen LogP contribution in [0.4, 0.5) is 5.69 Å². The Balaban J connectivity index is 3.23. The van der Waals surface area contributed by atoms with Gasteiger partial charge in [0.2, 0.25) is 0 Å². The minimum Gasteiger partial charge on any atom is -0.395 e. The number of nitrogens with zero attached hydrogens (tertiary/aromatic N) is 1. The molecule has 1 aromatic carbocycles. The highest BCUT2D eigenvalue weighted by molar-refractivity contribution is 7.91. The van der Waals surface area contributed by atoms with Crippen LogP contribution in [0.25, 0.3) is 0 Å². The lowest BCUT2D eigenvalue weighted by Crippen LogP contribution is -2.28. The summed E-state index contributed by atoms with van der Waals surface area (Å²) in [4.78, 5) is 2.14. The second-order valence-electron chi connectivity index (χ2n) is 4.24. The summed E-state index contributed by atoms with van der Waals surface area (Å²) >= 11 is 0. The predicted octanol–water partition coefficient (Wildman–Crippen LogP) is 1.85. The Morgan fingerprint density at radius 2 is 2.05 bits per heavy atom. The Labute approximate surface area is 115 Å². The second-order valence-corrected chi connectivity index (χ2v) is 6.32. The van der Waals surface area contributed by atoms with Gasteiger partial charge in [0.05, 0.1) is 22.9 Å². The Kier molecular flexibility index (Phi) is 6.05. The van der Waals surface area contributed by atoms with Gasteiger partial charge in [-0.25, -0.2) is 8.42 Å². The number of para-hydroxylation sites is 1. The molecule has 1 N–H and O–H groups in total. The van der Waals surface area contributed by atoms with Gasteiger partial charge in [-0.3, -0.25) is 0 Å². The number of aliphatic hydroxyl groups excluding tert-OH is 1. The van der Waals surface area contributed by atoms with E-state index in [9.17, 15) is 8.42 Å². The van der Waals surface area contributed by atoms with E-state index in [2.05, 4.69) is 6.58 Å². The van der Waals surface area contributed by atoms with Crippen molar-refractivity contribution < 1.29 is 13.5 Å². The van der Waals surface area contributed by atoms with Gasteiger partial charge in [0.1, 0.15) is 0 Å². The van der Waals surface area contributed by atoms with E-state index < -0.39 is 9.84 Å². The molecular weight excluding hydrogens is 262 g/mol. The maximum Gasteiger partial charge on any atom is 0.180 e. The van der Waals surface area contributed by atoms with Crippen LogP contribution in [0.15, 0.2) is 41.8 Å². The molecule has 19 heavy (non-hydrogen) atoms. The number of aliphatic hydroxyl groups is 1. The summed E-state index contributed by atoms with van der Waals surface area (Å²) in [6.07, 6.45) is 2.27. The molecule has 0 heterocycles. The number of hydrogen-bond donors (Lipinski definition) is 1. The minimum absolute atomic E-state index is 0.0317. The van der Waals surface area contributed by atoms with Gasteiger partial charge in [-0.15, -0.1) is 6.58 Å². The zero-order valence-electron chi connectivity index (χ0n) is 11.2. The van der Waals surface area contributed by atoms with Crippen molar-refractivity contribution >= 4 is 15.5 Å². The molecule has 1 rings (SSSR count). The summed E-state index contributed by atoms with van der Waals surface area (Å²) in [5.74, 6) is 0.130. The molecule has 0 aliphatic rings. The third-order valence-electron chi connectivity index (χ3n) is 2.73. The summed E-state index contributed by atoms with van der Waals surface area (Å²) in [5.41, 5.74) is 0.630. The van der Waals surface area contributed by atoms with Crippen molar-refractivity contribution in [3.8, 4) is 0 Å². The van der Waals surface area contributed by atoms with Crippen molar-refractivity contribution in [2.75, 3.05) is 30.3 Å². The van der Waals surface area contributed by atoms with Crippen LogP contribution in [0.3, 0.4) is 0 Å². The molecule has 0 saturated heterocycles. The molecule has 0 bridgehead atoms. The molecule has 1 aromatic rings. The van der Waals surface area contributed by atoms with Gasteiger partial charge >= 0.3 is 0 Å². The van der Waals surface area contributed by atoms with Crippen LogP contribution < -0.4 is 4.90 Å². The lowest BCUT2D eigenvalue weighted by atomic mass is 10.3. The Bertz CT molecular complexity index is 511. The van der Waals surface area contributed by atoms with Gasteiger partial charge < -0.3 is 10.0 Å². The van der Waals surface area contributed by atoms with Crippen molar-refractivity contribution in [2.45, 2.75) is 18.2 Å². The smallest absolute Gasteiger partial charge is 0.180 e. The topological polar surface area (TPSA) is 57.6 Å². The van der Waals surface area contributed by atoms with Crippen LogP contribution in [0.2, 0.25) is 0 Å². The van der Waals surface area contributed by atoms with Crippen LogP contribution in [0, 0.1) is 0 Å². The lowest BCUT2D eigenvalue weighted by molar-refractivity contribution is 0.303. The number of hydrogen-bond acceptors (Lipinski definition) is 4. The summed E-state index contributed by atoms with van der Waals surface area (Å²) < 4.78 is 24.5. The molecule has 0 aromatic heterocycles. The van der Waals surface area contributed by atoms with Crippen molar-refractivity contribution in [1.29, 1.82) is 0 Å². The number of anilines is 1. The zero-order chi connectivity index (χ0) is 14.3. The van der Waals surface area contributed by atoms with Crippen molar-refractivity contribution in [2.24, 2.45) is 0 Å². The molecule has 0 aliphatic heterocycles. The van der Waals surface area contributed by atoms with Crippen molar-refractivity contribution in [3.05, 3.63) is 36.9 Å². The predicted molar refractivity (Wildman–Crippen MR) is 78.3 cm³/mol. The average molecular weight is 283 g/mol.